The van der Waals surface area contributed by atoms with E-state index in [1.165, 1.54) is 6.42 Å². The maximum absolute atomic E-state index is 5.37. The number of nitrogens with one attached hydrogen (secondary N) is 1. The number of hydrogen-bond donors (Lipinski definition) is 1. The Hall–Kier alpha value is -0.160. The van der Waals surface area contributed by atoms with Gasteiger partial charge in [0, 0.05) is 33.4 Å². The molecule has 1 rings (SSSR count). The summed E-state index contributed by atoms with van der Waals surface area (Å²) in [5.74, 6) is 0. The van der Waals surface area contributed by atoms with Crippen LogP contribution < -0.4 is 5.32 Å². The van der Waals surface area contributed by atoms with Gasteiger partial charge in [0.05, 0.1) is 19.3 Å². The molecule has 2 atom stereocenters. The Morgan fingerprint density at radius 1 is 1.50 bits per heavy atom. The second kappa shape index (κ2) is 7.17. The molecular formula is C10H21NO3. The van der Waals surface area contributed by atoms with E-state index in [0.29, 0.717) is 12.6 Å². The van der Waals surface area contributed by atoms with Crippen LogP contribution in [0.3, 0.4) is 0 Å². The summed E-state index contributed by atoms with van der Waals surface area (Å²) in [6, 6.07) is 0.484. The Morgan fingerprint density at radius 3 is 2.93 bits per heavy atom. The topological polar surface area (TPSA) is 39.7 Å². The minimum Gasteiger partial charge on any atom is -0.382 e. The minimum atomic E-state index is 0.141. The largest absolute Gasteiger partial charge is 0.382 e. The van der Waals surface area contributed by atoms with Crippen LogP contribution in [-0.4, -0.2) is 52.7 Å². The van der Waals surface area contributed by atoms with E-state index in [-0.39, 0.29) is 6.10 Å². The van der Waals surface area contributed by atoms with Gasteiger partial charge in [0.1, 0.15) is 0 Å². The second-order valence-corrected chi connectivity index (χ2v) is 3.64. The molecule has 0 saturated carbocycles. The van der Waals surface area contributed by atoms with E-state index in [1.807, 2.05) is 0 Å². The predicted molar refractivity (Wildman–Crippen MR) is 54.5 cm³/mol. The van der Waals surface area contributed by atoms with Crippen LogP contribution in [0.25, 0.3) is 0 Å². The first kappa shape index (κ1) is 11.9. The molecule has 0 aromatic rings. The van der Waals surface area contributed by atoms with Gasteiger partial charge in [-0.05, 0) is 12.8 Å². The third-order valence-electron chi connectivity index (χ3n) is 2.48. The molecule has 1 aliphatic heterocycles. The molecule has 4 nitrogen and oxygen atoms in total. The van der Waals surface area contributed by atoms with Crippen molar-refractivity contribution in [3.63, 3.8) is 0 Å². The minimum absolute atomic E-state index is 0.141. The molecule has 84 valence electrons. The molecule has 0 amide bonds. The first-order chi connectivity index (χ1) is 6.86. The maximum atomic E-state index is 5.37. The molecule has 1 heterocycles. The van der Waals surface area contributed by atoms with Crippen LogP contribution in [-0.2, 0) is 14.2 Å². The molecule has 14 heavy (non-hydrogen) atoms. The molecule has 0 aromatic carbocycles. The summed E-state index contributed by atoms with van der Waals surface area (Å²) in [4.78, 5) is 0. The summed E-state index contributed by atoms with van der Waals surface area (Å²) in [7, 11) is 3.40. The third-order valence-corrected chi connectivity index (χ3v) is 2.48. The molecular weight excluding hydrogens is 182 g/mol. The lowest BCUT2D eigenvalue weighted by Crippen LogP contribution is -2.42. The van der Waals surface area contributed by atoms with E-state index in [9.17, 15) is 0 Å². The predicted octanol–water partition coefficient (Wildman–Crippen LogP) is 0.416. The highest BCUT2D eigenvalue weighted by Gasteiger charge is 2.15. The van der Waals surface area contributed by atoms with E-state index in [2.05, 4.69) is 5.32 Å². The van der Waals surface area contributed by atoms with Gasteiger partial charge in [0.25, 0.3) is 0 Å². The standard InChI is InChI=1S/C10H21NO3/c1-12-8-10(13-2)6-11-9-4-3-5-14-7-9/h9-11H,3-8H2,1-2H3. The van der Waals surface area contributed by atoms with Crippen molar-refractivity contribution in [3.8, 4) is 0 Å². The molecule has 0 spiro atoms. The van der Waals surface area contributed by atoms with Gasteiger partial charge in [0.2, 0.25) is 0 Å². The van der Waals surface area contributed by atoms with Crippen molar-refractivity contribution >= 4 is 0 Å². The van der Waals surface area contributed by atoms with E-state index in [0.717, 1.165) is 26.2 Å². The Morgan fingerprint density at radius 2 is 2.36 bits per heavy atom. The Balaban J connectivity index is 2.10. The van der Waals surface area contributed by atoms with Gasteiger partial charge in [-0.3, -0.25) is 0 Å². The third kappa shape index (κ3) is 4.37. The van der Waals surface area contributed by atoms with Gasteiger partial charge in [-0.1, -0.05) is 0 Å². The summed E-state index contributed by atoms with van der Waals surface area (Å²) in [5.41, 5.74) is 0. The fourth-order valence-corrected chi connectivity index (χ4v) is 1.60. The van der Waals surface area contributed by atoms with Crippen molar-refractivity contribution in [1.29, 1.82) is 0 Å². The zero-order valence-electron chi connectivity index (χ0n) is 9.12. The van der Waals surface area contributed by atoms with Crippen LogP contribution in [0, 0.1) is 0 Å². The van der Waals surface area contributed by atoms with Crippen LogP contribution in [0.1, 0.15) is 12.8 Å². The van der Waals surface area contributed by atoms with Crippen LogP contribution in [0.15, 0.2) is 0 Å². The van der Waals surface area contributed by atoms with Crippen molar-refractivity contribution in [2.24, 2.45) is 0 Å². The molecule has 0 aromatic heterocycles. The van der Waals surface area contributed by atoms with Crippen molar-refractivity contribution in [2.75, 3.05) is 40.6 Å². The SMILES string of the molecule is COCC(CNC1CCCOC1)OC. The van der Waals surface area contributed by atoms with Gasteiger partial charge in [-0.25, -0.2) is 0 Å². The summed E-state index contributed by atoms with van der Waals surface area (Å²) >= 11 is 0. The highest BCUT2D eigenvalue weighted by atomic mass is 16.5. The van der Waals surface area contributed by atoms with Crippen molar-refractivity contribution in [3.05, 3.63) is 0 Å². The van der Waals surface area contributed by atoms with E-state index in [4.69, 9.17) is 14.2 Å². The molecule has 2 unspecified atom stereocenters. The smallest absolute Gasteiger partial charge is 0.0928 e. The molecule has 4 heteroatoms. The molecule has 0 radical (unpaired) electrons. The Kier molecular flexibility index (Phi) is 6.10. The number of ether oxygens (including phenoxy) is 3. The average Bonchev–Trinajstić information content (AvgIpc) is 2.25. The number of rotatable bonds is 6. The summed E-state index contributed by atoms with van der Waals surface area (Å²) in [5, 5.41) is 3.43. The molecule has 0 bridgehead atoms. The molecule has 1 aliphatic rings. The van der Waals surface area contributed by atoms with Gasteiger partial charge in [-0.15, -0.1) is 0 Å². The van der Waals surface area contributed by atoms with E-state index < -0.39 is 0 Å². The van der Waals surface area contributed by atoms with Crippen molar-refractivity contribution in [1.82, 2.24) is 5.32 Å². The average molecular weight is 203 g/mol. The first-order valence-corrected chi connectivity index (χ1v) is 5.19. The fraction of sp³-hybridized carbons (Fsp3) is 1.00. The van der Waals surface area contributed by atoms with E-state index >= 15 is 0 Å². The molecule has 1 saturated heterocycles. The van der Waals surface area contributed by atoms with Crippen molar-refractivity contribution in [2.45, 2.75) is 25.0 Å². The lowest BCUT2D eigenvalue weighted by Gasteiger charge is -2.25. The van der Waals surface area contributed by atoms with E-state index in [1.54, 1.807) is 14.2 Å². The van der Waals surface area contributed by atoms with Crippen LogP contribution >= 0.6 is 0 Å². The van der Waals surface area contributed by atoms with Gasteiger partial charge < -0.3 is 19.5 Å². The highest BCUT2D eigenvalue weighted by molar-refractivity contribution is 4.72. The summed E-state index contributed by atoms with van der Waals surface area (Å²) in [6.07, 6.45) is 2.49. The highest BCUT2D eigenvalue weighted by Crippen LogP contribution is 2.05. The second-order valence-electron chi connectivity index (χ2n) is 3.64. The van der Waals surface area contributed by atoms with Crippen LogP contribution in [0.2, 0.25) is 0 Å². The maximum Gasteiger partial charge on any atom is 0.0928 e. The molecule has 1 fully saturated rings. The van der Waals surface area contributed by atoms with Gasteiger partial charge in [-0.2, -0.15) is 0 Å². The normalized spacial score (nSPS) is 24.9. The molecule has 0 aliphatic carbocycles. The van der Waals surface area contributed by atoms with Gasteiger partial charge in [0.15, 0.2) is 0 Å². The fourth-order valence-electron chi connectivity index (χ4n) is 1.60. The molecule has 1 N–H and O–H groups in total. The Labute approximate surface area is 85.9 Å². The lowest BCUT2D eigenvalue weighted by atomic mass is 10.1. The Bertz CT molecular complexity index is 133. The zero-order valence-corrected chi connectivity index (χ0v) is 9.12. The lowest BCUT2D eigenvalue weighted by molar-refractivity contribution is 0.0188. The zero-order chi connectivity index (χ0) is 10.2. The number of methoxy groups -OCH3 is 2. The van der Waals surface area contributed by atoms with Crippen molar-refractivity contribution < 1.29 is 14.2 Å². The van der Waals surface area contributed by atoms with Crippen LogP contribution in [0.5, 0.6) is 0 Å². The first-order valence-electron chi connectivity index (χ1n) is 5.19. The summed E-state index contributed by atoms with van der Waals surface area (Å²) < 4.78 is 15.7. The number of hydrogen-bond acceptors (Lipinski definition) is 4. The quantitative estimate of drug-likeness (QED) is 0.679. The summed E-state index contributed by atoms with van der Waals surface area (Å²) in [6.45, 7) is 3.20. The van der Waals surface area contributed by atoms with Gasteiger partial charge >= 0.3 is 0 Å². The monoisotopic (exact) mass is 203 g/mol. The van der Waals surface area contributed by atoms with Crippen LogP contribution in [0.4, 0.5) is 0 Å².